The highest BCUT2D eigenvalue weighted by atomic mass is 32.2. The van der Waals surface area contributed by atoms with Crippen LogP contribution in [0.25, 0.3) is 0 Å². The zero-order valence-electron chi connectivity index (χ0n) is 13.0. The number of unbranched alkanes of at least 4 members (excludes halogenated alkanes) is 7. The second kappa shape index (κ2) is 16.3. The fourth-order valence-corrected chi connectivity index (χ4v) is 3.47. The minimum atomic E-state index is 0.683. The molecule has 0 heterocycles. The minimum Gasteiger partial charge on any atom is -0.330 e. The molecule has 0 aromatic rings. The lowest BCUT2D eigenvalue weighted by Crippen LogP contribution is -2.18. The predicted molar refractivity (Wildman–Crippen MR) is 90.8 cm³/mol. The lowest BCUT2D eigenvalue weighted by atomic mass is 10.1. The van der Waals surface area contributed by atoms with Gasteiger partial charge in [0.05, 0.1) is 0 Å². The first-order valence-electron chi connectivity index (χ1n) is 8.33. The number of rotatable bonds is 15. The van der Waals surface area contributed by atoms with E-state index in [2.05, 4.69) is 18.7 Å². The summed E-state index contributed by atoms with van der Waals surface area (Å²) in [6.07, 6.45) is 13.6. The Labute approximate surface area is 125 Å². The van der Waals surface area contributed by atoms with Crippen LogP contribution >= 0.6 is 11.8 Å². The van der Waals surface area contributed by atoms with E-state index in [0.29, 0.717) is 5.92 Å². The number of nitrogens with two attached hydrogens (primary N) is 2. The van der Waals surface area contributed by atoms with Gasteiger partial charge in [-0.05, 0) is 49.8 Å². The molecule has 0 aliphatic heterocycles. The molecule has 0 aromatic heterocycles. The van der Waals surface area contributed by atoms with Gasteiger partial charge in [0.1, 0.15) is 0 Å². The third-order valence-electron chi connectivity index (χ3n) is 3.65. The molecule has 116 valence electrons. The fourth-order valence-electron chi connectivity index (χ4n) is 2.26. The van der Waals surface area contributed by atoms with Crippen LogP contribution in [0.5, 0.6) is 0 Å². The average molecular weight is 289 g/mol. The van der Waals surface area contributed by atoms with E-state index in [-0.39, 0.29) is 0 Å². The van der Waals surface area contributed by atoms with Crippen LogP contribution in [0.1, 0.15) is 71.1 Å². The summed E-state index contributed by atoms with van der Waals surface area (Å²) in [6.45, 7) is 3.91. The van der Waals surface area contributed by atoms with Crippen LogP contribution in [-0.2, 0) is 0 Å². The summed E-state index contributed by atoms with van der Waals surface area (Å²) in [6, 6.07) is 0. The van der Waals surface area contributed by atoms with Crippen molar-refractivity contribution in [2.45, 2.75) is 71.1 Å². The Kier molecular flexibility index (Phi) is 16.6. The molecule has 19 heavy (non-hydrogen) atoms. The van der Waals surface area contributed by atoms with Crippen LogP contribution in [0, 0.1) is 5.92 Å². The molecule has 4 N–H and O–H groups in total. The third-order valence-corrected chi connectivity index (χ3v) is 4.93. The lowest BCUT2D eigenvalue weighted by Gasteiger charge is -2.13. The Hall–Kier alpha value is 0.270. The van der Waals surface area contributed by atoms with Gasteiger partial charge in [0.15, 0.2) is 0 Å². The fraction of sp³-hybridized carbons (Fsp3) is 1.00. The summed E-state index contributed by atoms with van der Waals surface area (Å²) in [7, 11) is 0. The van der Waals surface area contributed by atoms with Crippen LogP contribution in [0.15, 0.2) is 0 Å². The summed E-state index contributed by atoms with van der Waals surface area (Å²) < 4.78 is 0. The van der Waals surface area contributed by atoms with Gasteiger partial charge in [-0.1, -0.05) is 51.9 Å². The second-order valence-electron chi connectivity index (χ2n) is 5.58. The molecule has 0 rings (SSSR count). The highest BCUT2D eigenvalue weighted by Gasteiger charge is 2.05. The van der Waals surface area contributed by atoms with Crippen molar-refractivity contribution >= 4 is 11.8 Å². The summed E-state index contributed by atoms with van der Waals surface area (Å²) in [5, 5.41) is 0. The largest absolute Gasteiger partial charge is 0.330 e. The van der Waals surface area contributed by atoms with Crippen molar-refractivity contribution in [1.29, 1.82) is 0 Å². The smallest absolute Gasteiger partial charge is 0.00271 e. The van der Waals surface area contributed by atoms with Gasteiger partial charge >= 0.3 is 0 Å². The maximum absolute atomic E-state index is 5.78. The zero-order valence-corrected chi connectivity index (χ0v) is 13.9. The van der Waals surface area contributed by atoms with E-state index in [1.54, 1.807) is 0 Å². The summed E-state index contributed by atoms with van der Waals surface area (Å²) in [5.41, 5.74) is 11.3. The van der Waals surface area contributed by atoms with Crippen LogP contribution in [0.2, 0.25) is 0 Å². The standard InChI is InChI=1S/C16H36N2S/c1-2-3-4-5-6-7-8-9-13-19-15-16(14-18)11-10-12-17/h16H,2-15,17-18H2,1H3. The highest BCUT2D eigenvalue weighted by Crippen LogP contribution is 2.16. The van der Waals surface area contributed by atoms with Crippen molar-refractivity contribution in [3.63, 3.8) is 0 Å². The van der Waals surface area contributed by atoms with Gasteiger partial charge in [-0.25, -0.2) is 0 Å². The molecular weight excluding hydrogens is 252 g/mol. The molecule has 0 aliphatic rings. The molecular formula is C16H36N2S. The molecule has 0 bridgehead atoms. The topological polar surface area (TPSA) is 52.0 Å². The van der Waals surface area contributed by atoms with Crippen molar-refractivity contribution in [3.05, 3.63) is 0 Å². The molecule has 0 spiro atoms. The first kappa shape index (κ1) is 19.3. The minimum absolute atomic E-state index is 0.683. The van der Waals surface area contributed by atoms with E-state index >= 15 is 0 Å². The highest BCUT2D eigenvalue weighted by molar-refractivity contribution is 7.99. The van der Waals surface area contributed by atoms with E-state index in [9.17, 15) is 0 Å². The van der Waals surface area contributed by atoms with Gasteiger partial charge in [0.25, 0.3) is 0 Å². The van der Waals surface area contributed by atoms with Crippen LogP contribution < -0.4 is 11.5 Å². The molecule has 0 amide bonds. The normalized spacial score (nSPS) is 12.8. The molecule has 0 aliphatic carbocycles. The molecule has 0 fully saturated rings. The number of thioether (sulfide) groups is 1. The molecule has 1 unspecified atom stereocenters. The van der Waals surface area contributed by atoms with Gasteiger partial charge in [-0.2, -0.15) is 11.8 Å². The van der Waals surface area contributed by atoms with E-state index in [1.165, 1.54) is 69.3 Å². The first-order chi connectivity index (χ1) is 9.35. The van der Waals surface area contributed by atoms with Gasteiger partial charge in [-0.3, -0.25) is 0 Å². The van der Waals surface area contributed by atoms with E-state index in [0.717, 1.165) is 19.5 Å². The quantitative estimate of drug-likeness (QED) is 0.445. The SMILES string of the molecule is CCCCCCCCCCSCC(CN)CCCN. The molecule has 0 saturated carbocycles. The Morgan fingerprint density at radius 3 is 2.05 bits per heavy atom. The monoisotopic (exact) mass is 288 g/mol. The Bertz CT molecular complexity index is 165. The summed E-state index contributed by atoms with van der Waals surface area (Å²) in [5.74, 6) is 3.23. The molecule has 3 heteroatoms. The van der Waals surface area contributed by atoms with E-state index in [4.69, 9.17) is 11.5 Å². The molecule has 0 aromatic carbocycles. The average Bonchev–Trinajstić information content (AvgIpc) is 2.44. The van der Waals surface area contributed by atoms with Crippen LogP contribution in [-0.4, -0.2) is 24.6 Å². The Balaban J connectivity index is 3.16. The van der Waals surface area contributed by atoms with Gasteiger partial charge in [0, 0.05) is 0 Å². The van der Waals surface area contributed by atoms with Gasteiger partial charge in [0.2, 0.25) is 0 Å². The second-order valence-corrected chi connectivity index (χ2v) is 6.73. The predicted octanol–water partition coefficient (Wildman–Crippen LogP) is 4.17. The van der Waals surface area contributed by atoms with E-state index < -0.39 is 0 Å². The molecule has 0 saturated heterocycles. The Morgan fingerprint density at radius 2 is 1.47 bits per heavy atom. The van der Waals surface area contributed by atoms with Crippen LogP contribution in [0.3, 0.4) is 0 Å². The van der Waals surface area contributed by atoms with Crippen LogP contribution in [0.4, 0.5) is 0 Å². The molecule has 1 atom stereocenters. The third kappa shape index (κ3) is 14.5. The Morgan fingerprint density at radius 1 is 0.842 bits per heavy atom. The summed E-state index contributed by atoms with van der Waals surface area (Å²) >= 11 is 2.09. The van der Waals surface area contributed by atoms with Gasteiger partial charge < -0.3 is 11.5 Å². The molecule has 2 nitrogen and oxygen atoms in total. The van der Waals surface area contributed by atoms with E-state index in [1.807, 2.05) is 0 Å². The lowest BCUT2D eigenvalue weighted by molar-refractivity contribution is 0.533. The molecule has 0 radical (unpaired) electrons. The first-order valence-corrected chi connectivity index (χ1v) is 9.48. The maximum atomic E-state index is 5.78. The van der Waals surface area contributed by atoms with Crippen molar-refractivity contribution < 1.29 is 0 Å². The van der Waals surface area contributed by atoms with Crippen molar-refractivity contribution in [2.24, 2.45) is 17.4 Å². The number of hydrogen-bond donors (Lipinski definition) is 2. The van der Waals surface area contributed by atoms with Gasteiger partial charge in [-0.15, -0.1) is 0 Å². The zero-order chi connectivity index (χ0) is 14.2. The van der Waals surface area contributed by atoms with Crippen molar-refractivity contribution in [1.82, 2.24) is 0 Å². The van der Waals surface area contributed by atoms with Crippen molar-refractivity contribution in [3.8, 4) is 0 Å². The maximum Gasteiger partial charge on any atom is -0.00271 e. The summed E-state index contributed by atoms with van der Waals surface area (Å²) in [4.78, 5) is 0. The number of hydrogen-bond acceptors (Lipinski definition) is 3. The van der Waals surface area contributed by atoms with Crippen molar-refractivity contribution in [2.75, 3.05) is 24.6 Å².